The van der Waals surface area contributed by atoms with E-state index < -0.39 is 24.1 Å². The fourth-order valence-corrected chi connectivity index (χ4v) is 0.514. The molecule has 0 aromatic heterocycles. The van der Waals surface area contributed by atoms with Gasteiger partial charge in [-0.15, -0.1) is 26.3 Å². The minimum atomic E-state index is -5.43. The first kappa shape index (κ1) is 15.1. The average molecular weight is 235 g/mol. The summed E-state index contributed by atoms with van der Waals surface area (Å²) in [6.45, 7) is 0. The molecule has 11 heteroatoms. The smallest absolute Gasteiger partial charge is 0.344 e. The molecule has 0 aliphatic rings. The lowest BCUT2D eigenvalue weighted by molar-refractivity contribution is -0.298. The number of hydrogen-bond acceptors (Lipinski definition) is 4. The van der Waals surface area contributed by atoms with Crippen LogP contribution in [0.3, 0.4) is 0 Å². The van der Waals surface area contributed by atoms with Crippen molar-refractivity contribution >= 4 is 11.4 Å². The van der Waals surface area contributed by atoms with Gasteiger partial charge in [0.2, 0.25) is 0 Å². The Balaban J connectivity index is 0. The van der Waals surface area contributed by atoms with Crippen molar-refractivity contribution in [2.24, 2.45) is 0 Å². The number of alkyl halides is 6. The summed E-state index contributed by atoms with van der Waals surface area (Å²) in [5, 5.41) is 0. The van der Waals surface area contributed by atoms with Crippen molar-refractivity contribution in [1.82, 2.24) is 6.15 Å². The summed E-state index contributed by atoms with van der Waals surface area (Å²) < 4.78 is 80.5. The van der Waals surface area contributed by atoms with E-state index in [-0.39, 0.29) is 6.15 Å². The zero-order valence-electron chi connectivity index (χ0n) is 5.61. The van der Waals surface area contributed by atoms with Gasteiger partial charge in [-0.05, 0) is 0 Å². The molecular weight excluding hydrogens is 232 g/mol. The van der Waals surface area contributed by atoms with Gasteiger partial charge in [-0.2, -0.15) is 12.6 Å². The monoisotopic (exact) mass is 235 g/mol. The Kier molecular flexibility index (Phi) is 5.50. The van der Waals surface area contributed by atoms with Gasteiger partial charge in [-0.1, -0.05) is 0 Å². The standard InChI is InChI=1S/C2F6O3S.H3N/c3-1(4,5)10-12(9)11-2(6,7)8;/h;1H3. The second-order valence-electron chi connectivity index (χ2n) is 1.26. The van der Waals surface area contributed by atoms with E-state index in [0.29, 0.717) is 0 Å². The predicted molar refractivity (Wildman–Crippen MR) is 27.4 cm³/mol. The molecule has 0 aromatic rings. The fraction of sp³-hybridized carbons (Fsp3) is 1.00. The summed E-state index contributed by atoms with van der Waals surface area (Å²) in [5.74, 6) is 0. The summed E-state index contributed by atoms with van der Waals surface area (Å²) >= 11 is -3.91. The van der Waals surface area contributed by atoms with Crippen LogP contribution in [0.5, 0.6) is 0 Å². The van der Waals surface area contributed by atoms with Crippen molar-refractivity contribution < 1.29 is 38.9 Å². The van der Waals surface area contributed by atoms with E-state index in [2.05, 4.69) is 8.37 Å². The summed E-state index contributed by atoms with van der Waals surface area (Å²) in [4.78, 5) is 0. The highest BCUT2D eigenvalue weighted by Gasteiger charge is 2.40. The predicted octanol–water partition coefficient (Wildman–Crippen LogP) is 1.80. The molecule has 0 radical (unpaired) electrons. The van der Waals surface area contributed by atoms with Crippen molar-refractivity contribution in [1.29, 1.82) is 0 Å². The summed E-state index contributed by atoms with van der Waals surface area (Å²) in [7, 11) is 0. The minimum Gasteiger partial charge on any atom is -0.344 e. The molecule has 0 aromatic carbocycles. The van der Waals surface area contributed by atoms with E-state index in [9.17, 15) is 30.6 Å². The number of hydrogen-bond donors (Lipinski definition) is 1. The molecule has 3 N–H and O–H groups in total. The Labute approximate surface area is 70.3 Å². The highest BCUT2D eigenvalue weighted by atomic mass is 32.2. The molecular formula is C2H3F6NO3S. The third kappa shape index (κ3) is 11.6. The van der Waals surface area contributed by atoms with E-state index in [1.807, 2.05) is 0 Å². The summed E-state index contributed by atoms with van der Waals surface area (Å²) in [6.07, 6.45) is -10.9. The van der Waals surface area contributed by atoms with Crippen LogP contribution in [-0.2, 0) is 19.7 Å². The van der Waals surface area contributed by atoms with Crippen LogP contribution in [-0.4, -0.2) is 16.9 Å². The lowest BCUT2D eigenvalue weighted by Crippen LogP contribution is -2.22. The fourth-order valence-electron chi connectivity index (χ4n) is 0.171. The van der Waals surface area contributed by atoms with Crippen molar-refractivity contribution in [3.63, 3.8) is 0 Å². The van der Waals surface area contributed by atoms with Gasteiger partial charge in [0.25, 0.3) is 0 Å². The number of rotatable bonds is 2. The van der Waals surface area contributed by atoms with Crippen molar-refractivity contribution in [3.8, 4) is 0 Å². The van der Waals surface area contributed by atoms with Crippen LogP contribution in [0.2, 0.25) is 0 Å². The second kappa shape index (κ2) is 4.74. The van der Waals surface area contributed by atoms with E-state index in [0.717, 1.165) is 0 Å². The highest BCUT2D eigenvalue weighted by molar-refractivity contribution is 7.75. The van der Waals surface area contributed by atoms with Crippen LogP contribution in [0.4, 0.5) is 26.3 Å². The average Bonchev–Trinajstić information content (AvgIpc) is 1.49. The molecule has 0 saturated carbocycles. The first-order chi connectivity index (χ1) is 5.10. The van der Waals surface area contributed by atoms with Gasteiger partial charge in [-0.25, -0.2) is 0 Å². The van der Waals surface area contributed by atoms with Crippen molar-refractivity contribution in [2.75, 3.05) is 0 Å². The topological polar surface area (TPSA) is 70.5 Å². The Hall–Kier alpha value is -0.390. The van der Waals surface area contributed by atoms with Gasteiger partial charge in [0.15, 0.2) is 0 Å². The minimum absolute atomic E-state index is 0. The van der Waals surface area contributed by atoms with E-state index in [1.165, 1.54) is 0 Å². The van der Waals surface area contributed by atoms with Gasteiger partial charge in [-0.3, -0.25) is 0 Å². The van der Waals surface area contributed by atoms with Gasteiger partial charge < -0.3 is 6.15 Å². The first-order valence-corrected chi connectivity index (χ1v) is 3.04. The zero-order chi connectivity index (χ0) is 9.99. The summed E-state index contributed by atoms with van der Waals surface area (Å²) in [6, 6.07) is 0. The van der Waals surface area contributed by atoms with Gasteiger partial charge >= 0.3 is 24.1 Å². The largest absolute Gasteiger partial charge is 0.537 e. The molecule has 0 saturated heterocycles. The maximum absolute atomic E-state index is 11.0. The van der Waals surface area contributed by atoms with E-state index >= 15 is 0 Å². The molecule has 13 heavy (non-hydrogen) atoms. The molecule has 4 nitrogen and oxygen atoms in total. The summed E-state index contributed by atoms with van der Waals surface area (Å²) in [5.41, 5.74) is 0. The van der Waals surface area contributed by atoms with Crippen LogP contribution < -0.4 is 6.15 Å². The van der Waals surface area contributed by atoms with Gasteiger partial charge in [0, 0.05) is 0 Å². The van der Waals surface area contributed by atoms with Crippen LogP contribution in [0, 0.1) is 0 Å². The Bertz CT molecular complexity index is 158. The molecule has 0 unspecified atom stereocenters. The Morgan fingerprint density at radius 2 is 1.08 bits per heavy atom. The van der Waals surface area contributed by atoms with Crippen LogP contribution in [0.1, 0.15) is 0 Å². The highest BCUT2D eigenvalue weighted by Crippen LogP contribution is 2.23. The maximum atomic E-state index is 11.0. The molecule has 0 atom stereocenters. The molecule has 0 amide bonds. The van der Waals surface area contributed by atoms with Gasteiger partial charge in [0.1, 0.15) is 0 Å². The third-order valence-electron chi connectivity index (χ3n) is 0.325. The van der Waals surface area contributed by atoms with Crippen LogP contribution in [0.15, 0.2) is 0 Å². The molecule has 0 spiro atoms. The molecule has 0 aliphatic carbocycles. The lowest BCUT2D eigenvalue weighted by atomic mass is 11.4. The maximum Gasteiger partial charge on any atom is 0.537 e. The molecule has 0 heterocycles. The normalized spacial score (nSPS) is 12.8. The quantitative estimate of drug-likeness (QED) is 0.741. The molecule has 0 fully saturated rings. The van der Waals surface area contributed by atoms with Crippen LogP contribution in [0.25, 0.3) is 0 Å². The third-order valence-corrected chi connectivity index (χ3v) is 0.975. The Morgan fingerprint density at radius 1 is 0.846 bits per heavy atom. The molecule has 0 aliphatic heterocycles. The zero-order valence-corrected chi connectivity index (χ0v) is 6.42. The van der Waals surface area contributed by atoms with Crippen molar-refractivity contribution in [2.45, 2.75) is 12.7 Å². The molecule has 82 valence electrons. The first-order valence-electron chi connectivity index (χ1n) is 2.04. The van der Waals surface area contributed by atoms with Crippen LogP contribution >= 0.6 is 0 Å². The Morgan fingerprint density at radius 3 is 1.23 bits per heavy atom. The van der Waals surface area contributed by atoms with Gasteiger partial charge in [0.05, 0.1) is 0 Å². The lowest BCUT2D eigenvalue weighted by Gasteiger charge is -2.07. The van der Waals surface area contributed by atoms with E-state index in [4.69, 9.17) is 0 Å². The SMILES string of the molecule is N.O=S(OC(F)(F)F)OC(F)(F)F. The number of halogens is 6. The van der Waals surface area contributed by atoms with E-state index in [1.54, 1.807) is 0 Å². The molecule has 0 bridgehead atoms. The molecule has 0 rings (SSSR count). The second-order valence-corrected chi connectivity index (χ2v) is 2.00. The van der Waals surface area contributed by atoms with Crippen molar-refractivity contribution in [3.05, 3.63) is 0 Å².